The summed E-state index contributed by atoms with van der Waals surface area (Å²) in [5, 5.41) is 0. The fourth-order valence-electron chi connectivity index (χ4n) is 1.51. The van der Waals surface area contributed by atoms with Crippen LogP contribution in [0, 0.1) is 0 Å². The molecule has 0 fully saturated rings. The van der Waals surface area contributed by atoms with E-state index in [0.717, 1.165) is 24.3 Å². The van der Waals surface area contributed by atoms with Gasteiger partial charge in [0, 0.05) is 24.3 Å². The SMILES string of the molecule is C=CC(=O)OCC(C)OCC(C)OC(=O)C=C.C=CC(=O)OCCOCCOC(=O)C=C. The van der Waals surface area contributed by atoms with Crippen molar-refractivity contribution in [2.24, 2.45) is 0 Å². The van der Waals surface area contributed by atoms with E-state index in [-0.39, 0.29) is 51.8 Å². The summed E-state index contributed by atoms with van der Waals surface area (Å²) < 4.78 is 29.3. The number of esters is 4. The van der Waals surface area contributed by atoms with E-state index >= 15 is 0 Å². The molecule has 0 N–H and O–H groups in total. The fraction of sp³-hybridized carbons (Fsp3) is 0.455. The quantitative estimate of drug-likeness (QED) is 0.147. The minimum atomic E-state index is -0.494. The van der Waals surface area contributed by atoms with Crippen LogP contribution in [0.1, 0.15) is 13.8 Å². The van der Waals surface area contributed by atoms with Gasteiger partial charge in [-0.2, -0.15) is 0 Å². The number of carbonyl (C=O) groups is 4. The van der Waals surface area contributed by atoms with E-state index in [0.29, 0.717) is 0 Å². The van der Waals surface area contributed by atoms with Gasteiger partial charge in [0.15, 0.2) is 0 Å². The molecular formula is C22H32O10. The summed E-state index contributed by atoms with van der Waals surface area (Å²) >= 11 is 0. The van der Waals surface area contributed by atoms with Crippen molar-refractivity contribution < 1.29 is 47.6 Å². The molecule has 0 aliphatic rings. The van der Waals surface area contributed by atoms with Crippen molar-refractivity contribution in [3.05, 3.63) is 50.6 Å². The molecule has 0 saturated heterocycles. The first-order valence-electron chi connectivity index (χ1n) is 9.60. The van der Waals surface area contributed by atoms with Gasteiger partial charge in [0.05, 0.1) is 25.9 Å². The standard InChI is InChI=1S/C12H18O5.C10H14O5/c1-5-11(13)16-7-9(3)15-8-10(4)17-12(14)6-2;1-3-9(11)14-7-5-13-6-8-15-10(12)4-2/h5-6,9-10H,1-2,7-8H2,3-4H3;3-4H,1-2,5-8H2. The maximum Gasteiger partial charge on any atom is 0.330 e. The van der Waals surface area contributed by atoms with Gasteiger partial charge in [-0.15, -0.1) is 0 Å². The zero-order valence-electron chi connectivity index (χ0n) is 18.6. The lowest BCUT2D eigenvalue weighted by Gasteiger charge is -2.16. The van der Waals surface area contributed by atoms with E-state index in [1.54, 1.807) is 13.8 Å². The molecule has 0 bridgehead atoms. The van der Waals surface area contributed by atoms with Crippen molar-refractivity contribution in [2.45, 2.75) is 26.1 Å². The molecule has 0 aromatic heterocycles. The molecule has 0 spiro atoms. The van der Waals surface area contributed by atoms with Crippen LogP contribution in [-0.2, 0) is 47.6 Å². The summed E-state index contributed by atoms with van der Waals surface area (Å²) in [7, 11) is 0. The minimum Gasteiger partial charge on any atom is -0.460 e. The van der Waals surface area contributed by atoms with Crippen molar-refractivity contribution in [1.29, 1.82) is 0 Å². The van der Waals surface area contributed by atoms with Crippen LogP contribution in [0.2, 0.25) is 0 Å². The highest BCUT2D eigenvalue weighted by Gasteiger charge is 2.10. The van der Waals surface area contributed by atoms with E-state index in [2.05, 4.69) is 35.8 Å². The third-order valence-electron chi connectivity index (χ3n) is 3.00. The fourth-order valence-corrected chi connectivity index (χ4v) is 1.51. The Bertz CT molecular complexity index is 602. The van der Waals surface area contributed by atoms with Crippen LogP contribution in [0.4, 0.5) is 0 Å². The predicted molar refractivity (Wildman–Crippen MR) is 115 cm³/mol. The molecule has 32 heavy (non-hydrogen) atoms. The Kier molecular flexibility index (Phi) is 20.3. The Hall–Kier alpha value is -3.24. The van der Waals surface area contributed by atoms with Crippen LogP contribution >= 0.6 is 0 Å². The lowest BCUT2D eigenvalue weighted by atomic mass is 10.4. The maximum atomic E-state index is 10.8. The largest absolute Gasteiger partial charge is 0.460 e. The van der Waals surface area contributed by atoms with Crippen LogP contribution in [0.25, 0.3) is 0 Å². The van der Waals surface area contributed by atoms with E-state index in [1.165, 1.54) is 0 Å². The van der Waals surface area contributed by atoms with Crippen LogP contribution < -0.4 is 0 Å². The van der Waals surface area contributed by atoms with Crippen molar-refractivity contribution in [2.75, 3.05) is 39.6 Å². The molecule has 10 nitrogen and oxygen atoms in total. The molecule has 0 amide bonds. The number of hydrogen-bond donors (Lipinski definition) is 0. The minimum absolute atomic E-state index is 0.132. The van der Waals surface area contributed by atoms with Crippen LogP contribution in [-0.4, -0.2) is 75.7 Å². The second-order valence-corrected chi connectivity index (χ2v) is 5.79. The highest BCUT2D eigenvalue weighted by molar-refractivity contribution is 5.82. The van der Waals surface area contributed by atoms with Gasteiger partial charge < -0.3 is 28.4 Å². The molecule has 0 aromatic rings. The monoisotopic (exact) mass is 456 g/mol. The first-order valence-corrected chi connectivity index (χ1v) is 9.60. The molecule has 0 heterocycles. The number of rotatable bonds is 16. The van der Waals surface area contributed by atoms with Crippen molar-refractivity contribution in [1.82, 2.24) is 0 Å². The van der Waals surface area contributed by atoms with Gasteiger partial charge >= 0.3 is 23.9 Å². The molecule has 0 aliphatic carbocycles. The van der Waals surface area contributed by atoms with Crippen molar-refractivity contribution >= 4 is 23.9 Å². The van der Waals surface area contributed by atoms with E-state index in [1.807, 2.05) is 0 Å². The molecule has 0 rings (SSSR count). The molecule has 2 unspecified atom stereocenters. The van der Waals surface area contributed by atoms with Crippen molar-refractivity contribution in [3.63, 3.8) is 0 Å². The maximum absolute atomic E-state index is 10.8. The van der Waals surface area contributed by atoms with Gasteiger partial charge in [0.1, 0.15) is 25.9 Å². The van der Waals surface area contributed by atoms with E-state index in [9.17, 15) is 19.2 Å². The summed E-state index contributed by atoms with van der Waals surface area (Å²) in [6.45, 7) is 17.7. The lowest BCUT2D eigenvalue weighted by molar-refractivity contribution is -0.148. The summed E-state index contributed by atoms with van der Waals surface area (Å²) in [6, 6.07) is 0. The summed E-state index contributed by atoms with van der Waals surface area (Å²) in [5.74, 6) is -1.97. The average Bonchev–Trinajstić information content (AvgIpc) is 2.80. The molecule has 0 radical (unpaired) electrons. The average molecular weight is 456 g/mol. The van der Waals surface area contributed by atoms with Gasteiger partial charge in [0.25, 0.3) is 0 Å². The van der Waals surface area contributed by atoms with Crippen LogP contribution in [0.5, 0.6) is 0 Å². The van der Waals surface area contributed by atoms with Crippen LogP contribution in [0.3, 0.4) is 0 Å². The van der Waals surface area contributed by atoms with Gasteiger partial charge in [-0.25, -0.2) is 19.2 Å². The summed E-state index contributed by atoms with van der Waals surface area (Å²) in [5.41, 5.74) is 0. The topological polar surface area (TPSA) is 124 Å². The van der Waals surface area contributed by atoms with Crippen LogP contribution in [0.15, 0.2) is 50.6 Å². The van der Waals surface area contributed by atoms with Gasteiger partial charge in [-0.3, -0.25) is 0 Å². The first kappa shape index (κ1) is 30.9. The Morgan fingerprint density at radius 1 is 0.625 bits per heavy atom. The first-order chi connectivity index (χ1) is 15.2. The number of carbonyl (C=O) groups excluding carboxylic acids is 4. The third-order valence-corrected chi connectivity index (χ3v) is 3.00. The molecule has 0 saturated carbocycles. The zero-order valence-corrected chi connectivity index (χ0v) is 18.6. The Morgan fingerprint density at radius 3 is 1.50 bits per heavy atom. The predicted octanol–water partition coefficient (Wildman–Crippen LogP) is 1.70. The molecule has 0 aliphatic heterocycles. The highest BCUT2D eigenvalue weighted by Crippen LogP contribution is 1.99. The molecular weight excluding hydrogens is 424 g/mol. The highest BCUT2D eigenvalue weighted by atomic mass is 16.6. The van der Waals surface area contributed by atoms with Gasteiger partial charge in [-0.1, -0.05) is 26.3 Å². The molecule has 180 valence electrons. The lowest BCUT2D eigenvalue weighted by Crippen LogP contribution is -2.25. The van der Waals surface area contributed by atoms with E-state index in [4.69, 9.17) is 18.9 Å². The molecule has 10 heteroatoms. The zero-order chi connectivity index (χ0) is 24.8. The summed E-state index contributed by atoms with van der Waals surface area (Å²) in [6.07, 6.45) is 3.67. The second-order valence-electron chi connectivity index (χ2n) is 5.79. The smallest absolute Gasteiger partial charge is 0.330 e. The molecule has 2 atom stereocenters. The number of hydrogen-bond acceptors (Lipinski definition) is 10. The third kappa shape index (κ3) is 21.5. The van der Waals surface area contributed by atoms with Gasteiger partial charge in [-0.05, 0) is 13.8 Å². The van der Waals surface area contributed by atoms with Crippen molar-refractivity contribution in [3.8, 4) is 0 Å². The Balaban J connectivity index is 0. The summed E-state index contributed by atoms with van der Waals surface area (Å²) in [4.78, 5) is 42.7. The second kappa shape index (κ2) is 21.0. The van der Waals surface area contributed by atoms with Gasteiger partial charge in [0.2, 0.25) is 0 Å². The Labute approximate surface area is 188 Å². The molecule has 0 aromatic carbocycles. The normalized spacial score (nSPS) is 11.3. The number of ether oxygens (including phenoxy) is 6. The van der Waals surface area contributed by atoms with E-state index < -0.39 is 23.9 Å². The Morgan fingerprint density at radius 2 is 1.06 bits per heavy atom.